The van der Waals surface area contributed by atoms with E-state index in [-0.39, 0.29) is 18.6 Å². The molecule has 1 unspecified atom stereocenters. The van der Waals surface area contributed by atoms with E-state index in [1.54, 1.807) is 0 Å². The minimum absolute atomic E-state index is 0.0520. The Morgan fingerprint density at radius 3 is 2.83 bits per heavy atom. The second-order valence-electron chi connectivity index (χ2n) is 4.32. The summed E-state index contributed by atoms with van der Waals surface area (Å²) in [5, 5.41) is 9.20. The Labute approximate surface area is 103 Å². The fourth-order valence-corrected chi connectivity index (χ4v) is 2.24. The van der Waals surface area contributed by atoms with Gasteiger partial charge in [-0.1, -0.05) is 6.92 Å². The number of rotatable bonds is 3. The van der Waals surface area contributed by atoms with E-state index in [0.717, 1.165) is 0 Å². The Kier molecular flexibility index (Phi) is 3.65. The molecule has 7 heteroatoms. The highest BCUT2D eigenvalue weighted by molar-refractivity contribution is 4.92. The van der Waals surface area contributed by atoms with Gasteiger partial charge in [0, 0.05) is 25.3 Å². The van der Waals surface area contributed by atoms with Crippen LogP contribution in [0.5, 0.6) is 0 Å². The standard InChI is InChI=1S/C11H16N2O5/c1-6-7(5-14)18-10(9(6)17-2)13-4-3-8(15)12-11(13)16/h3-4,6-7,9-10,14H,5H2,1-2H3,(H,12,15,16)/t6?,7-,9+,10-/m1/s1. The number of nitrogens with zero attached hydrogens (tertiary/aromatic N) is 1. The van der Waals surface area contributed by atoms with Gasteiger partial charge in [0.2, 0.25) is 0 Å². The number of ether oxygens (including phenoxy) is 2. The van der Waals surface area contributed by atoms with Crippen LogP contribution in [0.15, 0.2) is 21.9 Å². The summed E-state index contributed by atoms with van der Waals surface area (Å²) in [6.07, 6.45) is -0.0272. The Bertz CT molecular complexity index is 523. The van der Waals surface area contributed by atoms with Crippen molar-refractivity contribution in [1.29, 1.82) is 0 Å². The number of hydrogen-bond donors (Lipinski definition) is 2. The van der Waals surface area contributed by atoms with Gasteiger partial charge in [0.15, 0.2) is 6.23 Å². The van der Waals surface area contributed by atoms with E-state index in [1.165, 1.54) is 23.9 Å². The van der Waals surface area contributed by atoms with Crippen molar-refractivity contribution in [3.8, 4) is 0 Å². The Balaban J connectivity index is 2.38. The first kappa shape index (κ1) is 13.0. The van der Waals surface area contributed by atoms with Crippen molar-refractivity contribution >= 4 is 0 Å². The summed E-state index contributed by atoms with van der Waals surface area (Å²) in [7, 11) is 1.52. The molecule has 2 N–H and O–H groups in total. The fourth-order valence-electron chi connectivity index (χ4n) is 2.24. The Morgan fingerprint density at radius 2 is 2.28 bits per heavy atom. The van der Waals surface area contributed by atoms with E-state index >= 15 is 0 Å². The summed E-state index contributed by atoms with van der Waals surface area (Å²) in [6, 6.07) is 1.24. The average molecular weight is 256 g/mol. The van der Waals surface area contributed by atoms with Gasteiger partial charge in [0.05, 0.1) is 12.7 Å². The molecule has 2 rings (SSSR count). The smallest absolute Gasteiger partial charge is 0.330 e. The van der Waals surface area contributed by atoms with Crippen LogP contribution in [-0.4, -0.2) is 40.6 Å². The van der Waals surface area contributed by atoms with Crippen LogP contribution in [0.4, 0.5) is 0 Å². The van der Waals surface area contributed by atoms with E-state index in [2.05, 4.69) is 4.98 Å². The van der Waals surface area contributed by atoms with Gasteiger partial charge in [-0.15, -0.1) is 0 Å². The maximum absolute atomic E-state index is 11.7. The molecule has 1 aliphatic heterocycles. The summed E-state index contributed by atoms with van der Waals surface area (Å²) >= 11 is 0. The summed E-state index contributed by atoms with van der Waals surface area (Å²) in [5.41, 5.74) is -1.02. The lowest BCUT2D eigenvalue weighted by Gasteiger charge is -2.20. The van der Waals surface area contributed by atoms with E-state index < -0.39 is 23.6 Å². The topological polar surface area (TPSA) is 93.5 Å². The molecule has 18 heavy (non-hydrogen) atoms. The summed E-state index contributed by atoms with van der Waals surface area (Å²) in [5.74, 6) is -0.0520. The number of aliphatic hydroxyl groups excluding tert-OH is 1. The van der Waals surface area contributed by atoms with E-state index in [1.807, 2.05) is 6.92 Å². The van der Waals surface area contributed by atoms with Crippen LogP contribution < -0.4 is 11.2 Å². The molecular formula is C11H16N2O5. The van der Waals surface area contributed by atoms with Crippen molar-refractivity contribution in [2.75, 3.05) is 13.7 Å². The van der Waals surface area contributed by atoms with Crippen molar-refractivity contribution in [3.05, 3.63) is 33.1 Å². The lowest BCUT2D eigenvalue weighted by atomic mass is 10.0. The molecule has 1 fully saturated rings. The van der Waals surface area contributed by atoms with Crippen LogP contribution in [0.3, 0.4) is 0 Å². The minimum atomic E-state index is -0.647. The summed E-state index contributed by atoms with van der Waals surface area (Å²) in [4.78, 5) is 24.9. The Hall–Kier alpha value is -1.44. The van der Waals surface area contributed by atoms with Gasteiger partial charge in [-0.05, 0) is 0 Å². The molecule has 0 bridgehead atoms. The van der Waals surface area contributed by atoms with Gasteiger partial charge in [-0.3, -0.25) is 14.3 Å². The molecule has 1 aliphatic rings. The predicted octanol–water partition coefficient (Wildman–Crippen LogP) is -0.923. The zero-order valence-corrected chi connectivity index (χ0v) is 10.2. The molecule has 0 aliphatic carbocycles. The van der Waals surface area contributed by atoms with Crippen LogP contribution >= 0.6 is 0 Å². The zero-order chi connectivity index (χ0) is 13.3. The van der Waals surface area contributed by atoms with E-state index in [0.29, 0.717) is 0 Å². The predicted molar refractivity (Wildman–Crippen MR) is 62.3 cm³/mol. The quantitative estimate of drug-likeness (QED) is 0.729. The third kappa shape index (κ3) is 2.12. The van der Waals surface area contributed by atoms with Crippen molar-refractivity contribution in [1.82, 2.24) is 9.55 Å². The highest BCUT2D eigenvalue weighted by atomic mass is 16.6. The molecule has 0 spiro atoms. The highest BCUT2D eigenvalue weighted by Gasteiger charge is 2.43. The van der Waals surface area contributed by atoms with E-state index in [9.17, 15) is 14.7 Å². The van der Waals surface area contributed by atoms with Gasteiger partial charge in [-0.2, -0.15) is 0 Å². The summed E-state index contributed by atoms with van der Waals surface area (Å²) in [6.45, 7) is 1.74. The first-order chi connectivity index (χ1) is 8.58. The highest BCUT2D eigenvalue weighted by Crippen LogP contribution is 2.34. The van der Waals surface area contributed by atoms with Crippen LogP contribution in [0.2, 0.25) is 0 Å². The van der Waals surface area contributed by atoms with Gasteiger partial charge in [-0.25, -0.2) is 4.79 Å². The molecule has 4 atom stereocenters. The number of H-pyrrole nitrogens is 1. The number of methoxy groups -OCH3 is 1. The molecule has 0 amide bonds. The number of hydrogen-bond acceptors (Lipinski definition) is 5. The van der Waals surface area contributed by atoms with Gasteiger partial charge >= 0.3 is 5.69 Å². The lowest BCUT2D eigenvalue weighted by molar-refractivity contribution is -0.0625. The molecule has 1 saturated heterocycles. The zero-order valence-electron chi connectivity index (χ0n) is 10.2. The van der Waals surface area contributed by atoms with Crippen molar-refractivity contribution in [2.45, 2.75) is 25.4 Å². The molecular weight excluding hydrogens is 240 g/mol. The molecule has 7 nitrogen and oxygen atoms in total. The monoisotopic (exact) mass is 256 g/mol. The van der Waals surface area contributed by atoms with E-state index in [4.69, 9.17) is 9.47 Å². The third-order valence-electron chi connectivity index (χ3n) is 3.28. The van der Waals surface area contributed by atoms with Crippen LogP contribution in [0.25, 0.3) is 0 Å². The Morgan fingerprint density at radius 1 is 1.56 bits per heavy atom. The van der Waals surface area contributed by atoms with Gasteiger partial charge in [0.25, 0.3) is 5.56 Å². The van der Waals surface area contributed by atoms with Crippen LogP contribution in [-0.2, 0) is 9.47 Å². The summed E-state index contributed by atoms with van der Waals surface area (Å²) < 4.78 is 12.2. The van der Waals surface area contributed by atoms with Crippen molar-refractivity contribution in [2.24, 2.45) is 5.92 Å². The van der Waals surface area contributed by atoms with Crippen LogP contribution in [0.1, 0.15) is 13.2 Å². The van der Waals surface area contributed by atoms with Crippen LogP contribution in [0, 0.1) is 5.92 Å². The third-order valence-corrected chi connectivity index (χ3v) is 3.28. The maximum Gasteiger partial charge on any atom is 0.330 e. The number of aromatic amines is 1. The SMILES string of the molecule is CO[C@H]1C(C)[C@@H](CO)O[C@H]1n1ccc(=O)[nH]c1=O. The van der Waals surface area contributed by atoms with Crippen molar-refractivity contribution < 1.29 is 14.6 Å². The lowest BCUT2D eigenvalue weighted by Crippen LogP contribution is -2.36. The van der Waals surface area contributed by atoms with Gasteiger partial charge in [0.1, 0.15) is 6.10 Å². The molecule has 0 saturated carbocycles. The minimum Gasteiger partial charge on any atom is -0.394 e. The molecule has 1 aromatic heterocycles. The fraction of sp³-hybridized carbons (Fsp3) is 0.636. The average Bonchev–Trinajstić information content (AvgIpc) is 2.65. The van der Waals surface area contributed by atoms with Gasteiger partial charge < -0.3 is 14.6 Å². The molecule has 0 aromatic carbocycles. The second kappa shape index (κ2) is 5.05. The molecule has 0 radical (unpaired) electrons. The number of nitrogens with one attached hydrogen (secondary N) is 1. The first-order valence-electron chi connectivity index (χ1n) is 5.69. The number of aliphatic hydroxyl groups is 1. The largest absolute Gasteiger partial charge is 0.394 e. The van der Waals surface area contributed by atoms with Crippen molar-refractivity contribution in [3.63, 3.8) is 0 Å². The molecule has 100 valence electrons. The molecule has 1 aromatic rings. The second-order valence-corrected chi connectivity index (χ2v) is 4.32. The normalized spacial score (nSPS) is 31.7. The maximum atomic E-state index is 11.7. The number of aromatic nitrogens is 2. The first-order valence-corrected chi connectivity index (χ1v) is 5.69. The molecule has 2 heterocycles.